The lowest BCUT2D eigenvalue weighted by Gasteiger charge is -2.05. The van der Waals surface area contributed by atoms with E-state index in [1.165, 1.54) is 24.0 Å². The summed E-state index contributed by atoms with van der Waals surface area (Å²) < 4.78 is 13.0. The van der Waals surface area contributed by atoms with Crippen LogP contribution in [0.2, 0.25) is 0 Å². The normalized spacial score (nSPS) is 10.6. The minimum atomic E-state index is -0.752. The van der Waals surface area contributed by atoms with Crippen LogP contribution in [0.15, 0.2) is 29.6 Å². The van der Waals surface area contributed by atoms with E-state index < -0.39 is 11.6 Å². The summed E-state index contributed by atoms with van der Waals surface area (Å²) in [6.07, 6.45) is 1.54. The fourth-order valence-electron chi connectivity index (χ4n) is 2.17. The van der Waals surface area contributed by atoms with Crippen molar-refractivity contribution >= 4 is 40.2 Å². The van der Waals surface area contributed by atoms with Crippen LogP contribution >= 0.6 is 11.8 Å². The standard InChI is InChI=1S/C16H12FN5O2S/c1-8-14-11(6-19-15(8)18-2)21-16(22-14)25-7-13(24)20-9-3-4-10(17)12(23)5-9/h3-6,23H,7H2,1H3,(H,20,24)(H,21,22). The first kappa shape index (κ1) is 16.7. The number of pyridine rings is 1. The number of aryl methyl sites for hydroxylation is 1. The molecule has 0 aliphatic heterocycles. The third kappa shape index (κ3) is 3.54. The van der Waals surface area contributed by atoms with E-state index in [1.807, 2.05) is 0 Å². The molecule has 1 aromatic carbocycles. The second-order valence-corrected chi connectivity index (χ2v) is 6.09. The van der Waals surface area contributed by atoms with Crippen molar-refractivity contribution in [3.05, 3.63) is 47.2 Å². The van der Waals surface area contributed by atoms with Crippen molar-refractivity contribution in [2.75, 3.05) is 11.1 Å². The Morgan fingerprint density at radius 2 is 2.32 bits per heavy atom. The molecule has 126 valence electrons. The zero-order valence-electron chi connectivity index (χ0n) is 13.0. The number of thioether (sulfide) groups is 1. The number of hydrogen-bond donors (Lipinski definition) is 3. The Bertz CT molecular complexity index is 1010. The molecule has 3 N–H and O–H groups in total. The number of nitrogens with zero attached hydrogens (tertiary/aromatic N) is 3. The second-order valence-electron chi connectivity index (χ2n) is 5.13. The van der Waals surface area contributed by atoms with E-state index in [1.54, 1.807) is 6.92 Å². The van der Waals surface area contributed by atoms with Crippen molar-refractivity contribution in [2.45, 2.75) is 12.1 Å². The maximum Gasteiger partial charge on any atom is 0.274 e. The molecule has 2 heterocycles. The molecule has 3 rings (SSSR count). The van der Waals surface area contributed by atoms with Gasteiger partial charge >= 0.3 is 0 Å². The lowest BCUT2D eigenvalue weighted by Crippen LogP contribution is -2.14. The molecule has 0 fully saturated rings. The maximum absolute atomic E-state index is 13.0. The SMILES string of the molecule is [C-]#[N+]c1ncc2[nH]c(SCC(=O)Nc3ccc(F)c(O)c3)nc2c1C. The zero-order valence-corrected chi connectivity index (χ0v) is 13.8. The molecule has 0 spiro atoms. The average molecular weight is 357 g/mol. The summed E-state index contributed by atoms with van der Waals surface area (Å²) in [7, 11) is 0. The smallest absolute Gasteiger partial charge is 0.274 e. The first-order chi connectivity index (χ1) is 12.0. The fraction of sp³-hybridized carbons (Fsp3) is 0.125. The molecule has 0 radical (unpaired) electrons. The third-order valence-corrected chi connectivity index (χ3v) is 4.27. The molecule has 0 unspecified atom stereocenters. The Hall–Kier alpha value is -3.12. The number of carbonyl (C=O) groups is 1. The van der Waals surface area contributed by atoms with Gasteiger partial charge in [-0.2, -0.15) is 0 Å². The lowest BCUT2D eigenvalue weighted by molar-refractivity contribution is -0.113. The number of amides is 1. The quantitative estimate of drug-likeness (QED) is 0.491. The van der Waals surface area contributed by atoms with Gasteiger partial charge < -0.3 is 20.3 Å². The molecule has 0 saturated heterocycles. The summed E-state index contributed by atoms with van der Waals surface area (Å²) in [5.41, 5.74) is 2.32. The largest absolute Gasteiger partial charge is 0.505 e. The number of phenols is 1. The number of hydrogen-bond acceptors (Lipinski definition) is 5. The van der Waals surface area contributed by atoms with Crippen molar-refractivity contribution in [3.8, 4) is 5.75 Å². The highest BCUT2D eigenvalue weighted by molar-refractivity contribution is 7.99. The van der Waals surface area contributed by atoms with Gasteiger partial charge in [0, 0.05) is 17.3 Å². The van der Waals surface area contributed by atoms with Crippen molar-refractivity contribution < 1.29 is 14.3 Å². The van der Waals surface area contributed by atoms with Gasteiger partial charge in [-0.25, -0.2) is 9.37 Å². The van der Waals surface area contributed by atoms with Gasteiger partial charge in [0.2, 0.25) is 5.91 Å². The number of halogens is 1. The number of aromatic nitrogens is 3. The van der Waals surface area contributed by atoms with E-state index in [-0.39, 0.29) is 11.7 Å². The maximum atomic E-state index is 13.0. The third-order valence-electron chi connectivity index (χ3n) is 3.39. The number of carbonyl (C=O) groups excluding carboxylic acids is 1. The molecule has 9 heteroatoms. The van der Waals surface area contributed by atoms with Crippen molar-refractivity contribution in [2.24, 2.45) is 0 Å². The van der Waals surface area contributed by atoms with Crippen molar-refractivity contribution in [1.29, 1.82) is 0 Å². The molecule has 1 amide bonds. The Labute approximate surface area is 146 Å². The number of aromatic hydroxyl groups is 1. The van der Waals surface area contributed by atoms with Gasteiger partial charge in [0.25, 0.3) is 5.82 Å². The van der Waals surface area contributed by atoms with Gasteiger partial charge in [0.1, 0.15) is 11.7 Å². The molecule has 0 bridgehead atoms. The van der Waals surface area contributed by atoms with Gasteiger partial charge in [-0.15, -0.1) is 4.98 Å². The number of phenolic OH excluding ortho intramolecular Hbond substituents is 1. The van der Waals surface area contributed by atoms with Crippen molar-refractivity contribution in [3.63, 3.8) is 0 Å². The molecule has 3 aromatic rings. The fourth-order valence-corrected chi connectivity index (χ4v) is 2.85. The second kappa shape index (κ2) is 6.78. The van der Waals surface area contributed by atoms with Crippen LogP contribution in [0.3, 0.4) is 0 Å². The Balaban J connectivity index is 1.68. The molecule has 25 heavy (non-hydrogen) atoms. The number of aromatic amines is 1. The Morgan fingerprint density at radius 1 is 1.52 bits per heavy atom. The number of fused-ring (bicyclic) bond motifs is 1. The summed E-state index contributed by atoms with van der Waals surface area (Å²) in [6.45, 7) is 8.83. The van der Waals surface area contributed by atoms with Crippen LogP contribution in [0.1, 0.15) is 5.56 Å². The highest BCUT2D eigenvalue weighted by Crippen LogP contribution is 2.26. The number of rotatable bonds is 4. The van der Waals surface area contributed by atoms with E-state index in [0.29, 0.717) is 33.3 Å². The van der Waals surface area contributed by atoms with E-state index in [0.717, 1.165) is 12.1 Å². The Kier molecular flexibility index (Phi) is 4.54. The first-order valence-electron chi connectivity index (χ1n) is 7.12. The average Bonchev–Trinajstić information content (AvgIpc) is 3.01. The predicted octanol–water partition coefficient (Wildman–Crippen LogP) is 3.39. The first-order valence-corrected chi connectivity index (χ1v) is 8.10. The Morgan fingerprint density at radius 3 is 3.04 bits per heavy atom. The topological polar surface area (TPSA) is 95.3 Å². The van der Waals surface area contributed by atoms with Crippen LogP contribution in [0, 0.1) is 19.3 Å². The molecule has 0 atom stereocenters. The summed E-state index contributed by atoms with van der Waals surface area (Å²) in [5, 5.41) is 12.4. The molecular weight excluding hydrogens is 345 g/mol. The van der Waals surface area contributed by atoms with Gasteiger partial charge in [-0.05, 0) is 19.1 Å². The predicted molar refractivity (Wildman–Crippen MR) is 92.3 cm³/mol. The summed E-state index contributed by atoms with van der Waals surface area (Å²) in [4.78, 5) is 26.8. The minimum absolute atomic E-state index is 0.0696. The summed E-state index contributed by atoms with van der Waals surface area (Å²) >= 11 is 1.18. The van der Waals surface area contributed by atoms with Crippen LogP contribution in [-0.4, -0.2) is 31.7 Å². The number of benzene rings is 1. The number of imidazole rings is 1. The highest BCUT2D eigenvalue weighted by atomic mass is 32.2. The molecule has 7 nitrogen and oxygen atoms in total. The van der Waals surface area contributed by atoms with Crippen LogP contribution < -0.4 is 5.32 Å². The summed E-state index contributed by atoms with van der Waals surface area (Å²) in [5.74, 6) is -1.24. The molecule has 0 aliphatic rings. The molecule has 0 aliphatic carbocycles. The van der Waals surface area contributed by atoms with Gasteiger partial charge in [-0.3, -0.25) is 4.79 Å². The monoisotopic (exact) mass is 357 g/mol. The van der Waals surface area contributed by atoms with Gasteiger partial charge in [0.05, 0.1) is 11.3 Å². The summed E-state index contributed by atoms with van der Waals surface area (Å²) in [6, 6.07) is 3.57. The number of nitrogens with one attached hydrogen (secondary N) is 2. The minimum Gasteiger partial charge on any atom is -0.505 e. The lowest BCUT2D eigenvalue weighted by atomic mass is 10.2. The molecule has 0 saturated carbocycles. The number of anilines is 1. The molecule has 2 aromatic heterocycles. The van der Waals surface area contributed by atoms with Crippen LogP contribution in [0.4, 0.5) is 15.9 Å². The molecular formula is C16H12FN5O2S. The van der Waals surface area contributed by atoms with Crippen molar-refractivity contribution in [1.82, 2.24) is 15.0 Å². The zero-order chi connectivity index (χ0) is 18.0. The highest BCUT2D eigenvalue weighted by Gasteiger charge is 2.13. The van der Waals surface area contributed by atoms with E-state index in [2.05, 4.69) is 25.1 Å². The van der Waals surface area contributed by atoms with E-state index in [4.69, 9.17) is 6.57 Å². The van der Waals surface area contributed by atoms with Crippen LogP contribution in [-0.2, 0) is 4.79 Å². The van der Waals surface area contributed by atoms with E-state index in [9.17, 15) is 14.3 Å². The van der Waals surface area contributed by atoms with Gasteiger partial charge in [0.15, 0.2) is 16.7 Å². The van der Waals surface area contributed by atoms with Crippen LogP contribution in [0.25, 0.3) is 15.9 Å². The van der Waals surface area contributed by atoms with Crippen LogP contribution in [0.5, 0.6) is 5.75 Å². The van der Waals surface area contributed by atoms with E-state index >= 15 is 0 Å². The number of H-pyrrole nitrogens is 1. The van der Waals surface area contributed by atoms with Gasteiger partial charge in [-0.1, -0.05) is 18.3 Å².